The van der Waals surface area contributed by atoms with Crippen molar-refractivity contribution in [1.29, 1.82) is 5.26 Å². The van der Waals surface area contributed by atoms with Crippen LogP contribution in [0.25, 0.3) is 0 Å². The maximum atomic E-state index is 11.8. The second-order valence-corrected chi connectivity index (χ2v) is 4.17. The predicted octanol–water partition coefficient (Wildman–Crippen LogP) is 0.404. The highest BCUT2D eigenvalue weighted by atomic mass is 16.6. The number of nitrogens with zero attached hydrogens (tertiary/aromatic N) is 2. The van der Waals surface area contributed by atoms with Gasteiger partial charge >= 0.3 is 5.97 Å². The minimum Gasteiger partial charge on any atom is -0.477 e. The molecule has 2 rings (SSSR count). The molecule has 20 heavy (non-hydrogen) atoms. The zero-order chi connectivity index (χ0) is 14.5. The normalized spacial score (nSPS) is 16.8. The number of carboxylic acids is 1. The average Bonchev–Trinajstić information content (AvgIpc) is 2.95. The first-order valence-corrected chi connectivity index (χ1v) is 5.83. The molecule has 0 spiro atoms. The Morgan fingerprint density at radius 2 is 2.35 bits per heavy atom. The van der Waals surface area contributed by atoms with Crippen LogP contribution in [0.1, 0.15) is 17.5 Å². The minimum atomic E-state index is -1.19. The number of carboxylic acid groups (broad SMARTS) is 1. The Hall–Kier alpha value is -2.88. The van der Waals surface area contributed by atoms with Crippen molar-refractivity contribution >= 4 is 17.6 Å². The molecule has 0 bridgehead atoms. The molecule has 0 radical (unpaired) electrons. The highest BCUT2D eigenvalue weighted by Gasteiger charge is 2.31. The van der Waals surface area contributed by atoms with Crippen molar-refractivity contribution < 1.29 is 19.5 Å². The lowest BCUT2D eigenvalue weighted by molar-refractivity contribution is -0.131. The third-order valence-corrected chi connectivity index (χ3v) is 2.73. The number of oxime groups is 1. The van der Waals surface area contributed by atoms with E-state index in [9.17, 15) is 9.59 Å². The van der Waals surface area contributed by atoms with Gasteiger partial charge in [-0.05, 0) is 17.7 Å². The monoisotopic (exact) mass is 273 g/mol. The summed E-state index contributed by atoms with van der Waals surface area (Å²) in [5, 5.41) is 23.4. The Morgan fingerprint density at radius 3 is 3.00 bits per heavy atom. The molecule has 1 atom stereocenters. The van der Waals surface area contributed by atoms with E-state index in [4.69, 9.17) is 15.2 Å². The molecule has 1 amide bonds. The molecule has 1 unspecified atom stereocenters. The lowest BCUT2D eigenvalue weighted by atomic mass is 10.1. The van der Waals surface area contributed by atoms with Crippen LogP contribution < -0.4 is 5.32 Å². The molecule has 2 N–H and O–H groups in total. The van der Waals surface area contributed by atoms with Gasteiger partial charge in [0.2, 0.25) is 6.10 Å². The summed E-state index contributed by atoms with van der Waals surface area (Å²) in [4.78, 5) is 27.2. The van der Waals surface area contributed by atoms with E-state index in [0.29, 0.717) is 5.56 Å². The van der Waals surface area contributed by atoms with Gasteiger partial charge in [-0.25, -0.2) is 4.79 Å². The maximum Gasteiger partial charge on any atom is 0.353 e. The first-order valence-electron chi connectivity index (χ1n) is 5.83. The molecule has 7 heteroatoms. The van der Waals surface area contributed by atoms with Crippen LogP contribution >= 0.6 is 0 Å². The smallest absolute Gasteiger partial charge is 0.353 e. The van der Waals surface area contributed by atoms with E-state index >= 15 is 0 Å². The summed E-state index contributed by atoms with van der Waals surface area (Å²) in [6.45, 7) is 0.233. The third-order valence-electron chi connectivity index (χ3n) is 2.73. The maximum absolute atomic E-state index is 11.8. The van der Waals surface area contributed by atoms with Crippen LogP contribution in [0.5, 0.6) is 0 Å². The van der Waals surface area contributed by atoms with Gasteiger partial charge in [-0.3, -0.25) is 4.79 Å². The van der Waals surface area contributed by atoms with Gasteiger partial charge < -0.3 is 15.3 Å². The standard InChI is InChI=1S/C13H11N3O4/c14-6-8-2-1-3-9(4-8)7-15-12(17)11-5-10(13(18)19)16-20-11/h1-4,11H,5,7H2,(H,15,17)(H,18,19). The van der Waals surface area contributed by atoms with Crippen molar-refractivity contribution in [3.05, 3.63) is 35.4 Å². The zero-order valence-electron chi connectivity index (χ0n) is 10.4. The molecular weight excluding hydrogens is 262 g/mol. The van der Waals surface area contributed by atoms with Gasteiger partial charge in [0.05, 0.1) is 11.6 Å². The third kappa shape index (κ3) is 3.11. The highest BCUT2D eigenvalue weighted by molar-refractivity contribution is 6.36. The van der Waals surface area contributed by atoms with Crippen LogP contribution in [0, 0.1) is 11.3 Å². The fraction of sp³-hybridized carbons (Fsp3) is 0.231. The molecule has 0 aliphatic carbocycles. The topological polar surface area (TPSA) is 112 Å². The van der Waals surface area contributed by atoms with E-state index in [1.54, 1.807) is 24.3 Å². The van der Waals surface area contributed by atoms with Crippen LogP contribution in [0.15, 0.2) is 29.4 Å². The summed E-state index contributed by atoms with van der Waals surface area (Å²) in [5.74, 6) is -1.63. The number of nitriles is 1. The van der Waals surface area contributed by atoms with Crippen LogP contribution in [-0.4, -0.2) is 28.8 Å². The number of carbonyl (C=O) groups is 2. The molecule has 1 aliphatic rings. The molecule has 0 fully saturated rings. The fourth-order valence-corrected chi connectivity index (χ4v) is 1.70. The number of nitrogens with one attached hydrogen (secondary N) is 1. The lowest BCUT2D eigenvalue weighted by Gasteiger charge is -2.09. The Kier molecular flexibility index (Phi) is 3.96. The van der Waals surface area contributed by atoms with Crippen molar-refractivity contribution in [2.24, 2.45) is 5.16 Å². The van der Waals surface area contributed by atoms with E-state index in [-0.39, 0.29) is 18.7 Å². The number of hydrogen-bond acceptors (Lipinski definition) is 5. The summed E-state index contributed by atoms with van der Waals surface area (Å²) in [6, 6.07) is 8.83. The van der Waals surface area contributed by atoms with Crippen molar-refractivity contribution in [1.82, 2.24) is 5.32 Å². The molecular formula is C13H11N3O4. The Labute approximate surface area is 114 Å². The SMILES string of the molecule is N#Cc1cccc(CNC(=O)C2CC(C(=O)O)=NO2)c1. The minimum absolute atomic E-state index is 0.0561. The molecule has 1 aliphatic heterocycles. The number of hydrogen-bond donors (Lipinski definition) is 2. The van der Waals surface area contributed by atoms with Crippen LogP contribution in [-0.2, 0) is 21.0 Å². The summed E-state index contributed by atoms with van der Waals surface area (Å²) >= 11 is 0. The van der Waals surface area contributed by atoms with Gasteiger partial charge in [0.15, 0.2) is 5.71 Å². The number of rotatable bonds is 4. The van der Waals surface area contributed by atoms with Gasteiger partial charge in [-0.1, -0.05) is 17.3 Å². The van der Waals surface area contributed by atoms with Gasteiger partial charge in [-0.2, -0.15) is 5.26 Å². The van der Waals surface area contributed by atoms with E-state index in [1.165, 1.54) is 0 Å². The highest BCUT2D eigenvalue weighted by Crippen LogP contribution is 2.11. The van der Waals surface area contributed by atoms with Gasteiger partial charge in [0.1, 0.15) is 0 Å². The second kappa shape index (κ2) is 5.84. The quantitative estimate of drug-likeness (QED) is 0.824. The Morgan fingerprint density at radius 1 is 1.55 bits per heavy atom. The zero-order valence-corrected chi connectivity index (χ0v) is 10.4. The summed E-state index contributed by atoms with van der Waals surface area (Å²) in [5.41, 5.74) is 1.11. The van der Waals surface area contributed by atoms with E-state index in [0.717, 1.165) is 5.56 Å². The van der Waals surface area contributed by atoms with Crippen LogP contribution in [0.2, 0.25) is 0 Å². The summed E-state index contributed by atoms with van der Waals surface area (Å²) in [6.07, 6.45) is -0.973. The van der Waals surface area contributed by atoms with Crippen molar-refractivity contribution in [2.75, 3.05) is 0 Å². The molecule has 1 heterocycles. The first-order chi connectivity index (χ1) is 9.60. The number of carbonyl (C=O) groups excluding carboxylic acids is 1. The van der Waals surface area contributed by atoms with Crippen molar-refractivity contribution in [3.8, 4) is 6.07 Å². The molecule has 0 aromatic heterocycles. The van der Waals surface area contributed by atoms with Crippen molar-refractivity contribution in [2.45, 2.75) is 19.1 Å². The first kappa shape index (κ1) is 13.5. The predicted molar refractivity (Wildman–Crippen MR) is 67.6 cm³/mol. The molecule has 0 saturated carbocycles. The summed E-state index contributed by atoms with van der Waals surface area (Å²) in [7, 11) is 0. The Balaban J connectivity index is 1.87. The molecule has 1 aromatic rings. The van der Waals surface area contributed by atoms with E-state index < -0.39 is 18.0 Å². The van der Waals surface area contributed by atoms with Crippen LogP contribution in [0.4, 0.5) is 0 Å². The number of aliphatic carboxylic acids is 1. The van der Waals surface area contributed by atoms with E-state index in [2.05, 4.69) is 10.5 Å². The van der Waals surface area contributed by atoms with Gasteiger partial charge in [0.25, 0.3) is 5.91 Å². The van der Waals surface area contributed by atoms with E-state index in [1.807, 2.05) is 6.07 Å². The second-order valence-electron chi connectivity index (χ2n) is 4.17. The summed E-state index contributed by atoms with van der Waals surface area (Å²) < 4.78 is 0. The Bertz CT molecular complexity index is 618. The molecule has 7 nitrogen and oxygen atoms in total. The van der Waals surface area contributed by atoms with Crippen molar-refractivity contribution in [3.63, 3.8) is 0 Å². The molecule has 1 aromatic carbocycles. The largest absolute Gasteiger partial charge is 0.477 e. The van der Waals surface area contributed by atoms with Gasteiger partial charge in [-0.15, -0.1) is 0 Å². The van der Waals surface area contributed by atoms with Gasteiger partial charge in [0, 0.05) is 13.0 Å². The molecule has 0 saturated heterocycles. The number of benzene rings is 1. The lowest BCUT2D eigenvalue weighted by Crippen LogP contribution is -2.34. The molecule has 102 valence electrons. The fourth-order valence-electron chi connectivity index (χ4n) is 1.70. The number of amides is 1. The average molecular weight is 273 g/mol. The van der Waals surface area contributed by atoms with Crippen LogP contribution in [0.3, 0.4) is 0 Å².